The Morgan fingerprint density at radius 2 is 1.08 bits per heavy atom. The maximum absolute atomic E-state index is 14.9. The van der Waals surface area contributed by atoms with Crippen LogP contribution in [0.4, 0.5) is 0 Å². The summed E-state index contributed by atoms with van der Waals surface area (Å²) in [7, 11) is -4.09. The van der Waals surface area contributed by atoms with Crippen molar-refractivity contribution in [2.24, 2.45) is 27.9 Å². The van der Waals surface area contributed by atoms with E-state index in [4.69, 9.17) is 22.9 Å². The molecule has 17 N–H and O–H groups in total. The summed E-state index contributed by atoms with van der Waals surface area (Å²) in [4.78, 5) is 157. The van der Waals surface area contributed by atoms with Crippen LogP contribution in [0, 0.1) is 6.92 Å². The SMILES string of the molecule is Cc1ccc(S(=O)(=O)NC(N)=NCCC[C@@H](NC(=O)[C@@H]2CCCN2C(=O)[C@H](CSCc2ccccc2)NC(=O)[C@H](CC(N)=O)NC(=O)[C@H](CCC(N)=O)NC(=O)[C@H](Cc2ccccc2)NC(=O)[C@H](Cc2ccc(O)cc2)NC(=O)CCSCc2ccccc2)C(=O)NCC(N)=O)cc1. The molecule has 0 unspecified atom stereocenters. The molecule has 0 aromatic heterocycles. The summed E-state index contributed by atoms with van der Waals surface area (Å²) in [6.07, 6.45) is -1.71. The van der Waals surface area contributed by atoms with Gasteiger partial charge in [0.1, 0.15) is 48.0 Å². The number of aliphatic imine (C=N–C) groups is 1. The number of sulfonamides is 1. The Balaban J connectivity index is 1.19. The summed E-state index contributed by atoms with van der Waals surface area (Å²) in [5.74, 6) is -8.88. The van der Waals surface area contributed by atoms with Crippen molar-refractivity contribution >= 4 is 104 Å². The Hall–Kier alpha value is -10.0. The van der Waals surface area contributed by atoms with Crippen molar-refractivity contribution < 1.29 is 66.3 Å². The lowest BCUT2D eigenvalue weighted by Gasteiger charge is -2.31. The minimum Gasteiger partial charge on any atom is -0.508 e. The Morgan fingerprint density at radius 1 is 0.561 bits per heavy atom. The molecular weight excluding hydrogens is 1320 g/mol. The van der Waals surface area contributed by atoms with Gasteiger partial charge in [-0.2, -0.15) is 23.5 Å². The number of phenolic OH excluding ortho intramolecular Hbond substituents is 1. The lowest BCUT2D eigenvalue weighted by Crippen LogP contribution is -2.61. The molecule has 0 radical (unpaired) electrons. The molecule has 5 aromatic carbocycles. The number of benzene rings is 5. The number of guanidine groups is 1. The highest BCUT2D eigenvalue weighted by atomic mass is 32.2. The summed E-state index contributed by atoms with van der Waals surface area (Å²) in [6, 6.07) is 28.9. The molecule has 98 heavy (non-hydrogen) atoms. The molecule has 0 saturated carbocycles. The summed E-state index contributed by atoms with van der Waals surface area (Å²) in [5, 5.41) is 28.2. The van der Waals surface area contributed by atoms with Crippen molar-refractivity contribution in [2.45, 2.75) is 130 Å². The number of nitrogens with one attached hydrogen (secondary N) is 8. The molecule has 524 valence electrons. The second-order valence-corrected chi connectivity index (χ2v) is 27.0. The number of amides is 11. The van der Waals surface area contributed by atoms with Crippen molar-refractivity contribution in [1.82, 2.24) is 46.8 Å². The first-order valence-electron chi connectivity index (χ1n) is 31.5. The number of aromatic hydroxyl groups is 1. The van der Waals surface area contributed by atoms with Crippen LogP contribution in [0.5, 0.6) is 5.75 Å². The number of hydrogen-bond acceptors (Lipinski definition) is 17. The third-order valence-corrected chi connectivity index (χ3v) is 18.8. The number of primary amides is 3. The Morgan fingerprint density at radius 3 is 1.67 bits per heavy atom. The number of thioether (sulfide) groups is 2. The highest BCUT2D eigenvalue weighted by molar-refractivity contribution is 7.98. The Labute approximate surface area is 576 Å². The van der Waals surface area contributed by atoms with E-state index < -0.39 is 149 Å². The van der Waals surface area contributed by atoms with E-state index in [0.29, 0.717) is 28.4 Å². The molecule has 1 fully saturated rings. The van der Waals surface area contributed by atoms with E-state index in [2.05, 4.69) is 46.9 Å². The number of phenols is 1. The minimum atomic E-state index is -4.09. The summed E-state index contributed by atoms with van der Waals surface area (Å²) in [6.45, 7) is 1.06. The van der Waals surface area contributed by atoms with Gasteiger partial charge in [-0.3, -0.25) is 57.7 Å². The molecule has 5 aromatic rings. The van der Waals surface area contributed by atoms with Gasteiger partial charge in [0.15, 0.2) is 0 Å². The zero-order valence-corrected chi connectivity index (χ0v) is 56.5. The molecule has 1 aliphatic heterocycles. The predicted molar refractivity (Wildman–Crippen MR) is 370 cm³/mol. The van der Waals surface area contributed by atoms with Crippen LogP contribution in [0.2, 0.25) is 0 Å². The fourth-order valence-corrected chi connectivity index (χ4v) is 13.1. The van der Waals surface area contributed by atoms with Gasteiger partial charge >= 0.3 is 0 Å². The average molecular weight is 1410 g/mol. The van der Waals surface area contributed by atoms with E-state index in [0.717, 1.165) is 16.7 Å². The lowest BCUT2D eigenvalue weighted by molar-refractivity contribution is -0.142. The average Bonchev–Trinajstić information content (AvgIpc) is 1.47. The number of rotatable bonds is 39. The van der Waals surface area contributed by atoms with Crippen molar-refractivity contribution in [3.8, 4) is 5.75 Å². The molecule has 7 atom stereocenters. The number of aryl methyl sites for hydroxylation is 1. The zero-order valence-electron chi connectivity index (χ0n) is 54.0. The van der Waals surface area contributed by atoms with Crippen LogP contribution in [-0.2, 0) is 87.1 Å². The van der Waals surface area contributed by atoms with Crippen molar-refractivity contribution in [2.75, 3.05) is 31.1 Å². The summed E-state index contributed by atoms with van der Waals surface area (Å²) < 4.78 is 28.0. The second kappa shape index (κ2) is 39.3. The first-order valence-corrected chi connectivity index (χ1v) is 35.3. The number of hydrogen-bond donors (Lipinski definition) is 13. The zero-order chi connectivity index (χ0) is 71.2. The quantitative estimate of drug-likeness (QED) is 0.0144. The van der Waals surface area contributed by atoms with Crippen LogP contribution >= 0.6 is 23.5 Å². The van der Waals surface area contributed by atoms with Crippen LogP contribution in [0.15, 0.2) is 149 Å². The molecule has 28 nitrogen and oxygen atoms in total. The predicted octanol–water partition coefficient (Wildman–Crippen LogP) is 0.458. The van der Waals surface area contributed by atoms with Crippen LogP contribution in [0.25, 0.3) is 0 Å². The molecule has 0 bridgehead atoms. The normalized spacial score (nSPS) is 14.7. The van der Waals surface area contributed by atoms with Gasteiger partial charge in [0.25, 0.3) is 10.0 Å². The smallest absolute Gasteiger partial charge is 0.264 e. The molecule has 11 amide bonds. The minimum absolute atomic E-state index is 0.00536. The number of carbonyl (C=O) groups excluding carboxylic acids is 11. The van der Waals surface area contributed by atoms with Gasteiger partial charge in [0, 0.05) is 61.8 Å². The van der Waals surface area contributed by atoms with Gasteiger partial charge in [-0.15, -0.1) is 0 Å². The highest BCUT2D eigenvalue weighted by Crippen LogP contribution is 2.23. The van der Waals surface area contributed by atoms with Crippen LogP contribution in [-0.4, -0.2) is 163 Å². The largest absolute Gasteiger partial charge is 0.508 e. The molecule has 0 spiro atoms. The molecular formula is C67H84N14O14S3. The highest BCUT2D eigenvalue weighted by Gasteiger charge is 2.40. The molecule has 1 aliphatic rings. The maximum Gasteiger partial charge on any atom is 0.264 e. The molecule has 31 heteroatoms. The van der Waals surface area contributed by atoms with Gasteiger partial charge in [-0.25, -0.2) is 13.1 Å². The molecule has 6 rings (SSSR count). The van der Waals surface area contributed by atoms with E-state index in [1.165, 1.54) is 52.7 Å². The monoisotopic (exact) mass is 1400 g/mol. The van der Waals surface area contributed by atoms with Gasteiger partial charge in [-0.1, -0.05) is 121 Å². The fourth-order valence-electron chi connectivity index (χ4n) is 10.2. The first kappa shape index (κ1) is 77.0. The number of nitrogens with zero attached hydrogens (tertiary/aromatic N) is 2. The van der Waals surface area contributed by atoms with Crippen molar-refractivity contribution in [1.29, 1.82) is 0 Å². The Kier molecular flexibility index (Phi) is 30.9. The van der Waals surface area contributed by atoms with E-state index >= 15 is 0 Å². The van der Waals surface area contributed by atoms with E-state index in [1.807, 2.05) is 48.5 Å². The van der Waals surface area contributed by atoms with Gasteiger partial charge in [0.2, 0.25) is 70.9 Å². The number of carbonyl (C=O) groups is 11. The standard InChI is InChI=1S/C67H84N14O14S3/c1-42-21-27-48(28-22-42)98(94,95)80-67(71)72-32-11-19-49(60(87)73-38-58(70)85)76-65(92)55-20-12-33-81(55)66(93)54(41-97-40-46-17-9-4-10-18-46)79-64(91)53(37-57(69)84)78-61(88)50(29-30-56(68)83)75-63(90)52(35-43-13-5-2-6-14-43)77-62(89)51(36-44-23-25-47(82)26-24-44)74-59(86)31-34-96-39-45-15-7-3-8-16-45/h2-10,13-18,21-28,49-55,82H,11-12,19-20,29-41H2,1H3,(H2,68,83)(H2,69,84)(H2,70,85)(H,73,87)(H,74,86)(H,75,90)(H,76,92)(H,77,89)(H,78,88)(H,79,91)(H3,71,72,80)/t49-,50+,51+,52+,53+,54+,55+/m1/s1. The van der Waals surface area contributed by atoms with Crippen LogP contribution in [0.1, 0.15) is 79.2 Å². The Bertz CT molecular complexity index is 3690. The fraction of sp³-hybridized carbons (Fsp3) is 0.373. The van der Waals surface area contributed by atoms with Crippen LogP contribution < -0.4 is 64.9 Å². The van der Waals surface area contributed by atoms with E-state index in [9.17, 15) is 66.3 Å². The second-order valence-electron chi connectivity index (χ2n) is 23.2. The van der Waals surface area contributed by atoms with E-state index in [-0.39, 0.29) is 74.4 Å². The number of nitrogens with two attached hydrogens (primary N) is 4. The third kappa shape index (κ3) is 26.5. The van der Waals surface area contributed by atoms with Gasteiger partial charge < -0.3 is 70.2 Å². The summed E-state index contributed by atoms with van der Waals surface area (Å²) in [5.41, 5.74) is 26.3. The summed E-state index contributed by atoms with van der Waals surface area (Å²) >= 11 is 2.74. The van der Waals surface area contributed by atoms with Crippen molar-refractivity contribution in [3.63, 3.8) is 0 Å². The topological polar surface area (TPSA) is 458 Å². The van der Waals surface area contributed by atoms with Gasteiger partial charge in [-0.05, 0) is 85.5 Å². The number of likely N-dealkylation sites (tertiary alicyclic amines) is 1. The molecule has 1 saturated heterocycles. The van der Waals surface area contributed by atoms with Gasteiger partial charge in [0.05, 0.1) is 17.9 Å². The molecule has 1 heterocycles. The van der Waals surface area contributed by atoms with E-state index in [1.54, 1.807) is 73.7 Å². The maximum atomic E-state index is 14.9. The van der Waals surface area contributed by atoms with Crippen molar-refractivity contribution in [3.05, 3.63) is 167 Å². The third-order valence-electron chi connectivity index (χ3n) is 15.3. The first-order chi connectivity index (χ1) is 46.8. The van der Waals surface area contributed by atoms with Crippen LogP contribution in [0.3, 0.4) is 0 Å². The molecule has 0 aliphatic carbocycles. The lowest BCUT2D eigenvalue weighted by atomic mass is 10.0.